The first-order chi connectivity index (χ1) is 21.0. The first-order valence-corrected chi connectivity index (χ1v) is 16.0. The molecule has 44 heavy (non-hydrogen) atoms. The molecule has 0 bridgehead atoms. The number of halogens is 2. The van der Waals surface area contributed by atoms with Crippen molar-refractivity contribution in [2.75, 3.05) is 10.8 Å². The fraction of sp³-hybridized carbons (Fsp3) is 0.235. The quantitative estimate of drug-likeness (QED) is 0.202. The predicted octanol–water partition coefficient (Wildman–Crippen LogP) is 6.15. The van der Waals surface area contributed by atoms with Gasteiger partial charge < -0.3 is 10.2 Å². The molecule has 4 aromatic carbocycles. The fourth-order valence-electron chi connectivity index (χ4n) is 4.84. The van der Waals surface area contributed by atoms with Gasteiger partial charge in [0.25, 0.3) is 10.0 Å². The van der Waals surface area contributed by atoms with Gasteiger partial charge in [-0.15, -0.1) is 0 Å². The van der Waals surface area contributed by atoms with Gasteiger partial charge in [-0.3, -0.25) is 13.9 Å². The lowest BCUT2D eigenvalue weighted by Gasteiger charge is -2.34. The third-order valence-corrected chi connectivity index (χ3v) is 9.09. The Labute approximate surface area is 263 Å². The normalized spacial score (nSPS) is 12.0. The van der Waals surface area contributed by atoms with Crippen molar-refractivity contribution in [2.24, 2.45) is 0 Å². The molecular weight excluding hydrogens is 601 g/mol. The first kappa shape index (κ1) is 32.7. The monoisotopic (exact) mass is 635 g/mol. The van der Waals surface area contributed by atoms with Crippen LogP contribution in [0.25, 0.3) is 0 Å². The topological polar surface area (TPSA) is 86.8 Å². The zero-order chi connectivity index (χ0) is 31.9. The maximum absolute atomic E-state index is 15.0. The summed E-state index contributed by atoms with van der Waals surface area (Å²) < 4.78 is 44.2. The highest BCUT2D eigenvalue weighted by Gasteiger charge is 2.35. The lowest BCUT2D eigenvalue weighted by atomic mass is 10.0. The summed E-state index contributed by atoms with van der Waals surface area (Å²) in [6.07, 6.45) is 0.133. The summed E-state index contributed by atoms with van der Waals surface area (Å²) in [5.74, 6) is -1.65. The van der Waals surface area contributed by atoms with Gasteiger partial charge in [-0.1, -0.05) is 78.3 Å². The Morgan fingerprint density at radius 2 is 1.48 bits per heavy atom. The molecule has 0 aliphatic rings. The molecule has 0 aliphatic carbocycles. The van der Waals surface area contributed by atoms with Crippen molar-refractivity contribution in [1.82, 2.24) is 10.2 Å². The number of anilines is 1. The number of benzene rings is 4. The van der Waals surface area contributed by atoms with Gasteiger partial charge in [0.15, 0.2) is 0 Å². The van der Waals surface area contributed by atoms with E-state index in [1.807, 2.05) is 30.3 Å². The maximum Gasteiger partial charge on any atom is 0.264 e. The van der Waals surface area contributed by atoms with Gasteiger partial charge >= 0.3 is 0 Å². The predicted molar refractivity (Wildman–Crippen MR) is 171 cm³/mol. The van der Waals surface area contributed by atoms with Crippen molar-refractivity contribution in [3.05, 3.63) is 131 Å². The molecule has 0 heterocycles. The van der Waals surface area contributed by atoms with Crippen molar-refractivity contribution >= 4 is 39.1 Å². The van der Waals surface area contributed by atoms with Gasteiger partial charge in [-0.05, 0) is 68.3 Å². The molecule has 230 valence electrons. The van der Waals surface area contributed by atoms with Crippen molar-refractivity contribution in [1.29, 1.82) is 0 Å². The SMILES string of the molecule is Cc1ccccc1N(CC(=O)N(Cc1ccccc1F)C(Cc1ccccc1)C(=O)NC(C)C)S(=O)(=O)c1ccc(Cl)cc1. The zero-order valence-corrected chi connectivity index (χ0v) is 26.4. The fourth-order valence-corrected chi connectivity index (χ4v) is 6.44. The number of rotatable bonds is 12. The smallest absolute Gasteiger partial charge is 0.264 e. The second kappa shape index (κ2) is 14.5. The molecule has 2 amide bonds. The summed E-state index contributed by atoms with van der Waals surface area (Å²) in [7, 11) is -4.27. The minimum Gasteiger partial charge on any atom is -0.352 e. The Balaban J connectivity index is 1.82. The minimum atomic E-state index is -4.27. The van der Waals surface area contributed by atoms with E-state index in [1.54, 1.807) is 57.2 Å². The Morgan fingerprint density at radius 1 is 0.864 bits per heavy atom. The molecule has 4 aromatic rings. The summed E-state index contributed by atoms with van der Waals surface area (Å²) in [5.41, 5.74) is 1.90. The van der Waals surface area contributed by atoms with Crippen LogP contribution in [0.1, 0.15) is 30.5 Å². The second-order valence-electron chi connectivity index (χ2n) is 10.7. The van der Waals surface area contributed by atoms with Gasteiger partial charge in [-0.2, -0.15) is 0 Å². The molecule has 1 unspecified atom stereocenters. The van der Waals surface area contributed by atoms with E-state index in [0.29, 0.717) is 16.3 Å². The molecular formula is C34H35ClFN3O4S. The van der Waals surface area contributed by atoms with Crippen molar-refractivity contribution in [3.8, 4) is 0 Å². The van der Waals surface area contributed by atoms with E-state index in [2.05, 4.69) is 5.32 Å². The number of nitrogens with zero attached hydrogens (tertiary/aromatic N) is 2. The number of nitrogens with one attached hydrogen (secondary N) is 1. The van der Waals surface area contributed by atoms with Gasteiger partial charge in [-0.25, -0.2) is 12.8 Å². The number of carbonyl (C=O) groups excluding carboxylic acids is 2. The molecule has 7 nitrogen and oxygen atoms in total. The summed E-state index contributed by atoms with van der Waals surface area (Å²) >= 11 is 6.03. The largest absolute Gasteiger partial charge is 0.352 e. The summed E-state index contributed by atoms with van der Waals surface area (Å²) in [4.78, 5) is 29.3. The molecule has 0 saturated heterocycles. The molecule has 4 rings (SSSR count). The van der Waals surface area contributed by atoms with E-state index in [0.717, 1.165) is 9.87 Å². The highest BCUT2D eigenvalue weighted by molar-refractivity contribution is 7.92. The minimum absolute atomic E-state index is 0.0583. The van der Waals surface area contributed by atoms with Crippen LogP contribution in [0, 0.1) is 12.7 Å². The van der Waals surface area contributed by atoms with Crippen molar-refractivity contribution < 1.29 is 22.4 Å². The first-order valence-electron chi connectivity index (χ1n) is 14.2. The standard InChI is InChI=1S/C34H35ClFN3O4S/c1-24(2)37-34(41)32(21-26-12-5-4-6-13-26)38(22-27-14-8-9-15-30(27)36)33(40)23-39(31-16-10-7-11-25(31)3)44(42,43)29-19-17-28(35)18-20-29/h4-20,24,32H,21-23H2,1-3H3,(H,37,41). The average Bonchev–Trinajstić information content (AvgIpc) is 2.99. The molecule has 0 fully saturated rings. The number of aryl methyl sites for hydroxylation is 1. The zero-order valence-electron chi connectivity index (χ0n) is 24.8. The number of hydrogen-bond acceptors (Lipinski definition) is 4. The number of hydrogen-bond donors (Lipinski definition) is 1. The van der Waals surface area contributed by atoms with Crippen LogP contribution < -0.4 is 9.62 Å². The van der Waals surface area contributed by atoms with E-state index >= 15 is 0 Å². The van der Waals surface area contributed by atoms with Crippen molar-refractivity contribution in [2.45, 2.75) is 50.7 Å². The third-order valence-electron chi connectivity index (χ3n) is 7.07. The van der Waals surface area contributed by atoms with E-state index in [9.17, 15) is 22.4 Å². The molecule has 0 aliphatic heterocycles. The van der Waals surface area contributed by atoms with Crippen molar-refractivity contribution in [3.63, 3.8) is 0 Å². The molecule has 1 atom stereocenters. The third kappa shape index (κ3) is 8.03. The van der Waals surface area contributed by atoms with Crippen LogP contribution in [0.4, 0.5) is 10.1 Å². The summed E-state index contributed by atoms with van der Waals surface area (Å²) in [6.45, 7) is 4.47. The van der Waals surface area contributed by atoms with Crippen LogP contribution in [0.5, 0.6) is 0 Å². The Kier molecular flexibility index (Phi) is 10.8. The average molecular weight is 636 g/mol. The Morgan fingerprint density at radius 3 is 2.11 bits per heavy atom. The van der Waals surface area contributed by atoms with E-state index < -0.39 is 40.2 Å². The highest BCUT2D eigenvalue weighted by Crippen LogP contribution is 2.28. The Bertz CT molecular complexity index is 1700. The van der Waals surface area contributed by atoms with Gasteiger partial charge in [0.1, 0.15) is 18.4 Å². The summed E-state index contributed by atoms with van der Waals surface area (Å²) in [5, 5.41) is 3.24. The van der Waals surface area contributed by atoms with Crippen LogP contribution in [0.3, 0.4) is 0 Å². The highest BCUT2D eigenvalue weighted by atomic mass is 35.5. The van der Waals surface area contributed by atoms with Crippen LogP contribution in [0.15, 0.2) is 108 Å². The lowest BCUT2D eigenvalue weighted by molar-refractivity contribution is -0.140. The molecule has 0 saturated carbocycles. The van der Waals surface area contributed by atoms with Gasteiger partial charge in [0, 0.05) is 29.6 Å². The van der Waals surface area contributed by atoms with E-state index in [-0.39, 0.29) is 29.5 Å². The van der Waals surface area contributed by atoms with E-state index in [4.69, 9.17) is 11.6 Å². The number of sulfonamides is 1. The molecule has 1 N–H and O–H groups in total. The number of carbonyl (C=O) groups is 2. The molecule has 0 radical (unpaired) electrons. The number of para-hydroxylation sites is 1. The molecule has 0 spiro atoms. The second-order valence-corrected chi connectivity index (χ2v) is 13.0. The van der Waals surface area contributed by atoms with Crippen LogP contribution in [0.2, 0.25) is 5.02 Å². The molecule has 0 aromatic heterocycles. The van der Waals surface area contributed by atoms with Crippen LogP contribution >= 0.6 is 11.6 Å². The maximum atomic E-state index is 15.0. The van der Waals surface area contributed by atoms with Crippen LogP contribution in [-0.2, 0) is 32.6 Å². The summed E-state index contributed by atoms with van der Waals surface area (Å²) in [6, 6.07) is 26.4. The molecule has 10 heteroatoms. The van der Waals surface area contributed by atoms with Gasteiger partial charge in [0.2, 0.25) is 11.8 Å². The lowest BCUT2D eigenvalue weighted by Crippen LogP contribution is -2.54. The van der Waals surface area contributed by atoms with Crippen LogP contribution in [-0.4, -0.2) is 43.8 Å². The van der Waals surface area contributed by atoms with Gasteiger partial charge in [0.05, 0.1) is 10.6 Å². The Hall–Kier alpha value is -4.21. The van der Waals surface area contributed by atoms with E-state index in [1.165, 1.54) is 41.3 Å². The number of amides is 2.